The van der Waals surface area contributed by atoms with Crippen LogP contribution in [0, 0.1) is 0 Å². The molecular weight excluding hydrogens is 413 g/mol. The van der Waals surface area contributed by atoms with Crippen LogP contribution in [0.1, 0.15) is 13.8 Å². The number of carbonyl (C=O) groups excluding carboxylic acids is 1. The quantitative estimate of drug-likeness (QED) is 0.729. The molecule has 1 amide bonds. The van der Waals surface area contributed by atoms with E-state index in [0.29, 0.717) is 23.8 Å². The average Bonchev–Trinajstić information content (AvgIpc) is 2.60. The molecule has 1 aromatic heterocycles. The number of halogens is 2. The van der Waals surface area contributed by atoms with Crippen LogP contribution in [0.2, 0.25) is 10.0 Å². The molecule has 7 nitrogen and oxygen atoms in total. The molecular formula is C17H19Cl2N3O4S. The highest BCUT2D eigenvalue weighted by atomic mass is 35.5. The number of sulfonamides is 1. The summed E-state index contributed by atoms with van der Waals surface area (Å²) < 4.78 is 27.5. The number of rotatable bonds is 7. The van der Waals surface area contributed by atoms with Crippen molar-refractivity contribution in [2.24, 2.45) is 0 Å². The zero-order valence-corrected chi connectivity index (χ0v) is 17.1. The number of hydrogen-bond donors (Lipinski definition) is 1. The van der Waals surface area contributed by atoms with Gasteiger partial charge in [0.15, 0.2) is 0 Å². The monoisotopic (exact) mass is 431 g/mol. The molecule has 2 rings (SSSR count). The smallest absolute Gasteiger partial charge is 0.251 e. The number of amides is 1. The van der Waals surface area contributed by atoms with Gasteiger partial charge < -0.3 is 9.88 Å². The highest BCUT2D eigenvalue weighted by Crippen LogP contribution is 2.25. The van der Waals surface area contributed by atoms with E-state index in [-0.39, 0.29) is 16.5 Å². The molecule has 0 saturated carbocycles. The van der Waals surface area contributed by atoms with Crippen LogP contribution in [0.5, 0.6) is 0 Å². The predicted molar refractivity (Wildman–Crippen MR) is 106 cm³/mol. The van der Waals surface area contributed by atoms with Crippen molar-refractivity contribution in [2.45, 2.75) is 25.3 Å². The Morgan fingerprint density at radius 3 is 2.41 bits per heavy atom. The number of benzene rings is 1. The van der Waals surface area contributed by atoms with Gasteiger partial charge in [0.1, 0.15) is 6.54 Å². The van der Waals surface area contributed by atoms with Gasteiger partial charge in [-0.15, -0.1) is 0 Å². The zero-order chi connectivity index (χ0) is 20.2. The number of carbonyl (C=O) groups is 1. The maximum atomic E-state index is 12.6. The third-order valence-electron chi connectivity index (χ3n) is 3.82. The molecule has 1 heterocycles. The molecule has 1 N–H and O–H groups in total. The summed E-state index contributed by atoms with van der Waals surface area (Å²) in [6, 6.07) is 6.93. The van der Waals surface area contributed by atoms with Crippen molar-refractivity contribution < 1.29 is 13.2 Å². The Morgan fingerprint density at radius 1 is 1.15 bits per heavy atom. The van der Waals surface area contributed by atoms with Gasteiger partial charge in [0.05, 0.1) is 15.6 Å². The maximum Gasteiger partial charge on any atom is 0.251 e. The Bertz CT molecular complexity index is 1000. The standard InChI is InChI=1S/C17H19Cl2N3O4S/c1-3-22(4-2)27(25,26)13-6-8-17(24)21(10-13)11-16(23)20-15-7-5-12(18)9-14(15)19/h5-10H,3-4,11H2,1-2H3,(H,20,23). The SMILES string of the molecule is CCN(CC)S(=O)(=O)c1ccc(=O)n(CC(=O)Nc2ccc(Cl)cc2Cl)c1. The predicted octanol–water partition coefficient (Wildman–Crippen LogP) is 2.82. The summed E-state index contributed by atoms with van der Waals surface area (Å²) in [7, 11) is -3.74. The molecule has 1 aromatic carbocycles. The lowest BCUT2D eigenvalue weighted by Crippen LogP contribution is -2.33. The van der Waals surface area contributed by atoms with Crippen LogP contribution in [0.25, 0.3) is 0 Å². The Kier molecular flexibility index (Phi) is 7.05. The first kappa shape index (κ1) is 21.4. The van der Waals surface area contributed by atoms with E-state index < -0.39 is 21.5 Å². The van der Waals surface area contributed by atoms with Crippen molar-refractivity contribution in [2.75, 3.05) is 18.4 Å². The summed E-state index contributed by atoms with van der Waals surface area (Å²) in [5.41, 5.74) is -0.156. The van der Waals surface area contributed by atoms with Crippen LogP contribution in [0.4, 0.5) is 5.69 Å². The van der Waals surface area contributed by atoms with Crippen LogP contribution in [-0.2, 0) is 21.4 Å². The number of aromatic nitrogens is 1. The third kappa shape index (κ3) is 5.10. The van der Waals surface area contributed by atoms with E-state index in [1.54, 1.807) is 19.9 Å². The highest BCUT2D eigenvalue weighted by Gasteiger charge is 2.22. The Balaban J connectivity index is 2.26. The van der Waals surface area contributed by atoms with Gasteiger partial charge in [-0.3, -0.25) is 9.59 Å². The largest absolute Gasteiger partial charge is 0.323 e. The van der Waals surface area contributed by atoms with Crippen LogP contribution in [0.15, 0.2) is 46.2 Å². The van der Waals surface area contributed by atoms with Gasteiger partial charge in [-0.1, -0.05) is 37.0 Å². The second-order valence-corrected chi connectivity index (χ2v) is 8.37. The lowest BCUT2D eigenvalue weighted by Gasteiger charge is -2.19. The minimum atomic E-state index is -3.74. The second-order valence-electron chi connectivity index (χ2n) is 5.59. The van der Waals surface area contributed by atoms with Gasteiger partial charge in [0, 0.05) is 30.4 Å². The minimum Gasteiger partial charge on any atom is -0.323 e. The summed E-state index contributed by atoms with van der Waals surface area (Å²) in [4.78, 5) is 24.2. The molecule has 0 radical (unpaired) electrons. The highest BCUT2D eigenvalue weighted by molar-refractivity contribution is 7.89. The van der Waals surface area contributed by atoms with Gasteiger partial charge in [-0.2, -0.15) is 4.31 Å². The van der Waals surface area contributed by atoms with Crippen molar-refractivity contribution in [1.29, 1.82) is 0 Å². The molecule has 146 valence electrons. The zero-order valence-electron chi connectivity index (χ0n) is 14.8. The molecule has 0 bridgehead atoms. The Morgan fingerprint density at radius 2 is 1.81 bits per heavy atom. The van der Waals surface area contributed by atoms with E-state index >= 15 is 0 Å². The normalized spacial score (nSPS) is 11.6. The van der Waals surface area contributed by atoms with Crippen molar-refractivity contribution in [3.8, 4) is 0 Å². The van der Waals surface area contributed by atoms with E-state index in [4.69, 9.17) is 23.2 Å². The van der Waals surface area contributed by atoms with Gasteiger partial charge in [0.25, 0.3) is 5.56 Å². The fourth-order valence-electron chi connectivity index (χ4n) is 2.43. The fraction of sp³-hybridized carbons (Fsp3) is 0.294. The van der Waals surface area contributed by atoms with Crippen LogP contribution in [0.3, 0.4) is 0 Å². The molecule has 0 aliphatic rings. The van der Waals surface area contributed by atoms with Crippen LogP contribution >= 0.6 is 23.2 Å². The van der Waals surface area contributed by atoms with E-state index in [1.807, 2.05) is 0 Å². The second kappa shape index (κ2) is 8.88. The molecule has 2 aromatic rings. The van der Waals surface area contributed by atoms with Gasteiger partial charge in [0.2, 0.25) is 15.9 Å². The summed E-state index contributed by atoms with van der Waals surface area (Å²) in [6.07, 6.45) is 1.17. The summed E-state index contributed by atoms with van der Waals surface area (Å²) in [6.45, 7) is 3.68. The first-order valence-corrected chi connectivity index (χ1v) is 10.3. The molecule has 10 heteroatoms. The van der Waals surface area contributed by atoms with Gasteiger partial charge in [-0.05, 0) is 24.3 Å². The maximum absolute atomic E-state index is 12.6. The topological polar surface area (TPSA) is 88.5 Å². The number of pyridine rings is 1. The molecule has 0 saturated heterocycles. The Hall–Kier alpha value is -1.87. The molecule has 0 unspecified atom stereocenters. The summed E-state index contributed by atoms with van der Waals surface area (Å²) in [5.74, 6) is -0.529. The first-order chi connectivity index (χ1) is 12.7. The molecule has 0 aliphatic heterocycles. The number of hydrogen-bond acceptors (Lipinski definition) is 4. The minimum absolute atomic E-state index is 0.0527. The van der Waals surface area contributed by atoms with Crippen molar-refractivity contribution in [3.63, 3.8) is 0 Å². The van der Waals surface area contributed by atoms with Crippen molar-refractivity contribution in [1.82, 2.24) is 8.87 Å². The lowest BCUT2D eigenvalue weighted by atomic mass is 10.3. The molecule has 0 spiro atoms. The molecule has 0 atom stereocenters. The molecule has 27 heavy (non-hydrogen) atoms. The first-order valence-electron chi connectivity index (χ1n) is 8.14. The van der Waals surface area contributed by atoms with Crippen molar-refractivity contribution >= 4 is 44.8 Å². The van der Waals surface area contributed by atoms with Crippen LogP contribution < -0.4 is 10.9 Å². The molecule has 0 aliphatic carbocycles. The van der Waals surface area contributed by atoms with Crippen molar-refractivity contribution in [3.05, 3.63) is 56.9 Å². The van der Waals surface area contributed by atoms with E-state index in [2.05, 4.69) is 5.32 Å². The summed E-state index contributed by atoms with van der Waals surface area (Å²) in [5, 5.41) is 3.24. The van der Waals surface area contributed by atoms with Gasteiger partial charge in [-0.25, -0.2) is 8.42 Å². The van der Waals surface area contributed by atoms with E-state index in [9.17, 15) is 18.0 Å². The average molecular weight is 432 g/mol. The molecule has 0 fully saturated rings. The van der Waals surface area contributed by atoms with Crippen LogP contribution in [-0.4, -0.2) is 36.3 Å². The van der Waals surface area contributed by atoms with E-state index in [1.165, 1.54) is 28.7 Å². The lowest BCUT2D eigenvalue weighted by molar-refractivity contribution is -0.116. The summed E-state index contributed by atoms with van der Waals surface area (Å²) >= 11 is 11.8. The van der Waals surface area contributed by atoms with E-state index in [0.717, 1.165) is 10.6 Å². The number of nitrogens with zero attached hydrogens (tertiary/aromatic N) is 2. The van der Waals surface area contributed by atoms with Gasteiger partial charge >= 0.3 is 0 Å². The Labute approximate surface area is 167 Å². The number of nitrogens with one attached hydrogen (secondary N) is 1. The number of anilines is 1. The fourth-order valence-corrected chi connectivity index (χ4v) is 4.37. The third-order valence-corrected chi connectivity index (χ3v) is 6.40.